The standard InChI is InChI=1S/C13H17N3O/c14-11-12-5-3-9-16(13(12)17)10-4-8-15-6-1-2-7-15/h3,5,9H,1-2,4,6-8,10H2. The summed E-state index contributed by atoms with van der Waals surface area (Å²) in [7, 11) is 0. The number of hydrogen-bond acceptors (Lipinski definition) is 3. The minimum Gasteiger partial charge on any atom is -0.314 e. The predicted octanol–water partition coefficient (Wildman–Crippen LogP) is 1.21. The summed E-state index contributed by atoms with van der Waals surface area (Å²) in [6, 6.07) is 5.25. The Morgan fingerprint density at radius 2 is 2.06 bits per heavy atom. The monoisotopic (exact) mass is 231 g/mol. The van der Waals surface area contributed by atoms with Crippen molar-refractivity contribution < 1.29 is 0 Å². The molecule has 1 aromatic rings. The zero-order valence-corrected chi connectivity index (χ0v) is 9.93. The summed E-state index contributed by atoms with van der Waals surface area (Å²) in [5, 5.41) is 8.77. The largest absolute Gasteiger partial charge is 0.314 e. The van der Waals surface area contributed by atoms with E-state index in [1.54, 1.807) is 22.9 Å². The number of pyridine rings is 1. The van der Waals surface area contributed by atoms with Crippen LogP contribution in [0.1, 0.15) is 24.8 Å². The Balaban J connectivity index is 1.90. The van der Waals surface area contributed by atoms with Gasteiger partial charge in [0, 0.05) is 12.7 Å². The topological polar surface area (TPSA) is 49.0 Å². The fourth-order valence-corrected chi connectivity index (χ4v) is 2.27. The number of likely N-dealkylation sites (tertiary alicyclic amines) is 1. The SMILES string of the molecule is N#Cc1cccn(CCCN2CCCC2)c1=O. The molecule has 0 N–H and O–H groups in total. The van der Waals surface area contributed by atoms with E-state index < -0.39 is 0 Å². The van der Waals surface area contributed by atoms with Gasteiger partial charge in [-0.3, -0.25) is 4.79 Å². The molecule has 1 saturated heterocycles. The van der Waals surface area contributed by atoms with Crippen molar-refractivity contribution in [1.82, 2.24) is 9.47 Å². The van der Waals surface area contributed by atoms with Gasteiger partial charge in [-0.05, 0) is 51.0 Å². The van der Waals surface area contributed by atoms with Crippen LogP contribution < -0.4 is 5.56 Å². The van der Waals surface area contributed by atoms with Gasteiger partial charge >= 0.3 is 0 Å². The van der Waals surface area contributed by atoms with Crippen molar-refractivity contribution >= 4 is 0 Å². The molecule has 1 fully saturated rings. The Morgan fingerprint density at radius 3 is 2.76 bits per heavy atom. The average Bonchev–Trinajstić information content (AvgIpc) is 2.84. The third kappa shape index (κ3) is 2.95. The number of nitrogens with zero attached hydrogens (tertiary/aromatic N) is 3. The van der Waals surface area contributed by atoms with Gasteiger partial charge in [0.2, 0.25) is 0 Å². The van der Waals surface area contributed by atoms with Crippen LogP contribution in [0.15, 0.2) is 23.1 Å². The zero-order valence-electron chi connectivity index (χ0n) is 9.93. The van der Waals surface area contributed by atoms with Crippen molar-refractivity contribution in [3.05, 3.63) is 34.2 Å². The van der Waals surface area contributed by atoms with E-state index in [4.69, 9.17) is 5.26 Å². The highest BCUT2D eigenvalue weighted by atomic mass is 16.1. The Bertz CT molecular complexity index is 466. The molecule has 0 amide bonds. The number of aryl methyl sites for hydroxylation is 1. The van der Waals surface area contributed by atoms with Gasteiger partial charge in [0.05, 0.1) is 0 Å². The van der Waals surface area contributed by atoms with Crippen LogP contribution in [0, 0.1) is 11.3 Å². The molecule has 0 aliphatic carbocycles. The number of aromatic nitrogens is 1. The lowest BCUT2D eigenvalue weighted by Crippen LogP contribution is -2.25. The lowest BCUT2D eigenvalue weighted by molar-refractivity contribution is 0.324. The molecule has 4 heteroatoms. The van der Waals surface area contributed by atoms with E-state index in [-0.39, 0.29) is 11.1 Å². The van der Waals surface area contributed by atoms with Gasteiger partial charge in [-0.15, -0.1) is 0 Å². The second kappa shape index (κ2) is 5.65. The van der Waals surface area contributed by atoms with Crippen LogP contribution in [0.3, 0.4) is 0 Å². The molecule has 2 heterocycles. The molecule has 0 saturated carbocycles. The van der Waals surface area contributed by atoms with E-state index in [1.807, 2.05) is 6.07 Å². The van der Waals surface area contributed by atoms with Crippen LogP contribution in [-0.2, 0) is 6.54 Å². The van der Waals surface area contributed by atoms with E-state index in [1.165, 1.54) is 25.9 Å². The van der Waals surface area contributed by atoms with Crippen molar-refractivity contribution in [2.75, 3.05) is 19.6 Å². The highest BCUT2D eigenvalue weighted by molar-refractivity contribution is 5.24. The third-order valence-electron chi connectivity index (χ3n) is 3.21. The predicted molar refractivity (Wildman–Crippen MR) is 65.7 cm³/mol. The van der Waals surface area contributed by atoms with E-state index >= 15 is 0 Å². The maximum atomic E-state index is 11.8. The van der Waals surface area contributed by atoms with Gasteiger partial charge in [0.25, 0.3) is 5.56 Å². The first-order chi connectivity index (χ1) is 8.31. The van der Waals surface area contributed by atoms with Crippen molar-refractivity contribution in [2.45, 2.75) is 25.8 Å². The van der Waals surface area contributed by atoms with Crippen LogP contribution in [0.25, 0.3) is 0 Å². The van der Waals surface area contributed by atoms with Gasteiger partial charge in [0.15, 0.2) is 0 Å². The summed E-state index contributed by atoms with van der Waals surface area (Å²) in [6.45, 7) is 4.12. The summed E-state index contributed by atoms with van der Waals surface area (Å²) in [6.07, 6.45) is 5.32. The van der Waals surface area contributed by atoms with Crippen LogP contribution in [0.5, 0.6) is 0 Å². The molecule has 0 atom stereocenters. The second-order valence-electron chi connectivity index (χ2n) is 4.43. The molecule has 4 nitrogen and oxygen atoms in total. The Morgan fingerprint density at radius 1 is 1.29 bits per heavy atom. The fraction of sp³-hybridized carbons (Fsp3) is 0.538. The van der Waals surface area contributed by atoms with Crippen LogP contribution in [0.4, 0.5) is 0 Å². The Labute approximate surface area is 101 Å². The van der Waals surface area contributed by atoms with E-state index in [0.29, 0.717) is 6.54 Å². The molecule has 2 rings (SSSR count). The molecule has 0 radical (unpaired) electrons. The average molecular weight is 231 g/mol. The molecular formula is C13H17N3O. The smallest absolute Gasteiger partial charge is 0.268 e. The fourth-order valence-electron chi connectivity index (χ4n) is 2.27. The van der Waals surface area contributed by atoms with Gasteiger partial charge < -0.3 is 9.47 Å². The molecule has 1 aromatic heterocycles. The van der Waals surface area contributed by atoms with Crippen molar-refractivity contribution in [1.29, 1.82) is 5.26 Å². The lowest BCUT2D eigenvalue weighted by Gasteiger charge is -2.14. The summed E-state index contributed by atoms with van der Waals surface area (Å²) in [5.74, 6) is 0. The van der Waals surface area contributed by atoms with Gasteiger partial charge in [-0.25, -0.2) is 0 Å². The molecule has 0 spiro atoms. The van der Waals surface area contributed by atoms with Crippen LogP contribution in [-0.4, -0.2) is 29.1 Å². The van der Waals surface area contributed by atoms with Gasteiger partial charge in [-0.1, -0.05) is 0 Å². The van der Waals surface area contributed by atoms with E-state index in [2.05, 4.69) is 4.90 Å². The minimum atomic E-state index is -0.170. The van der Waals surface area contributed by atoms with Crippen LogP contribution >= 0.6 is 0 Å². The summed E-state index contributed by atoms with van der Waals surface area (Å²) >= 11 is 0. The van der Waals surface area contributed by atoms with Gasteiger partial charge in [-0.2, -0.15) is 5.26 Å². The molecule has 0 unspecified atom stereocenters. The maximum absolute atomic E-state index is 11.8. The molecule has 0 aromatic carbocycles. The van der Waals surface area contributed by atoms with Crippen molar-refractivity contribution in [3.8, 4) is 6.07 Å². The first kappa shape index (κ1) is 11.9. The first-order valence-electron chi connectivity index (χ1n) is 6.13. The van der Waals surface area contributed by atoms with E-state index in [0.717, 1.165) is 13.0 Å². The Hall–Kier alpha value is -1.60. The summed E-state index contributed by atoms with van der Waals surface area (Å²) in [5.41, 5.74) is 0.0603. The minimum absolute atomic E-state index is 0.170. The van der Waals surface area contributed by atoms with E-state index in [9.17, 15) is 4.79 Å². The number of rotatable bonds is 4. The molecule has 0 bridgehead atoms. The lowest BCUT2D eigenvalue weighted by atomic mass is 10.3. The Kier molecular flexibility index (Phi) is 3.94. The normalized spacial score (nSPS) is 15.9. The highest BCUT2D eigenvalue weighted by Gasteiger charge is 2.10. The number of hydrogen-bond donors (Lipinski definition) is 0. The molecular weight excluding hydrogens is 214 g/mol. The number of nitriles is 1. The summed E-state index contributed by atoms with van der Waals surface area (Å²) < 4.78 is 1.63. The molecule has 17 heavy (non-hydrogen) atoms. The van der Waals surface area contributed by atoms with Crippen molar-refractivity contribution in [3.63, 3.8) is 0 Å². The first-order valence-corrected chi connectivity index (χ1v) is 6.13. The molecule has 1 aliphatic heterocycles. The quantitative estimate of drug-likeness (QED) is 0.782. The van der Waals surface area contributed by atoms with Crippen molar-refractivity contribution in [2.24, 2.45) is 0 Å². The van der Waals surface area contributed by atoms with Crippen LogP contribution in [0.2, 0.25) is 0 Å². The maximum Gasteiger partial charge on any atom is 0.268 e. The zero-order chi connectivity index (χ0) is 12.1. The third-order valence-corrected chi connectivity index (χ3v) is 3.21. The molecule has 1 aliphatic rings. The second-order valence-corrected chi connectivity index (χ2v) is 4.43. The van der Waals surface area contributed by atoms with Gasteiger partial charge in [0.1, 0.15) is 11.6 Å². The molecule has 90 valence electrons. The highest BCUT2D eigenvalue weighted by Crippen LogP contribution is 2.07. The summed E-state index contributed by atoms with van der Waals surface area (Å²) in [4.78, 5) is 14.2.